The van der Waals surface area contributed by atoms with Gasteiger partial charge in [-0.1, -0.05) is 18.2 Å². The smallest absolute Gasteiger partial charge is 0.348 e. The average molecular weight is 425 g/mol. The van der Waals surface area contributed by atoms with Gasteiger partial charge in [0.15, 0.2) is 0 Å². The number of carbonyl (C=O) groups is 2. The van der Waals surface area contributed by atoms with Crippen LogP contribution < -0.4 is 4.90 Å². The van der Waals surface area contributed by atoms with Crippen LogP contribution in [0.5, 0.6) is 0 Å². The van der Waals surface area contributed by atoms with Gasteiger partial charge in [-0.25, -0.2) is 14.8 Å². The highest BCUT2D eigenvalue weighted by Crippen LogP contribution is 2.36. The Balaban J connectivity index is 1.60. The number of fused-ring (bicyclic) bond motifs is 1. The van der Waals surface area contributed by atoms with Crippen molar-refractivity contribution in [2.24, 2.45) is 0 Å². The number of carbonyl (C=O) groups excluding carboxylic acids is 2. The molecule has 1 saturated heterocycles. The molecule has 4 rings (SSSR count). The first kappa shape index (κ1) is 20.3. The first-order valence-electron chi connectivity index (χ1n) is 10.0. The van der Waals surface area contributed by atoms with Gasteiger partial charge in [0.2, 0.25) is 0 Å². The van der Waals surface area contributed by atoms with Gasteiger partial charge < -0.3 is 14.5 Å². The normalized spacial score (nSPS) is 14.2. The van der Waals surface area contributed by atoms with E-state index < -0.39 is 0 Å². The molecule has 1 aromatic carbocycles. The Morgan fingerprint density at radius 3 is 2.43 bits per heavy atom. The molecule has 7 nitrogen and oxygen atoms in total. The van der Waals surface area contributed by atoms with Crippen molar-refractivity contribution in [2.75, 3.05) is 37.7 Å². The summed E-state index contributed by atoms with van der Waals surface area (Å²) >= 11 is 1.35. The van der Waals surface area contributed by atoms with E-state index in [9.17, 15) is 9.59 Å². The van der Waals surface area contributed by atoms with E-state index in [1.807, 2.05) is 49.1 Å². The lowest BCUT2D eigenvalue weighted by atomic mass is 10.1. The van der Waals surface area contributed by atoms with Gasteiger partial charge in [0.1, 0.15) is 21.3 Å². The Morgan fingerprint density at radius 1 is 1.07 bits per heavy atom. The van der Waals surface area contributed by atoms with Crippen LogP contribution in [-0.2, 0) is 4.74 Å². The highest BCUT2D eigenvalue weighted by molar-refractivity contribution is 7.20. The van der Waals surface area contributed by atoms with Gasteiger partial charge in [-0.15, -0.1) is 11.3 Å². The molecule has 8 heteroatoms. The Bertz CT molecular complexity index is 1090. The first-order chi connectivity index (χ1) is 14.5. The maximum Gasteiger partial charge on any atom is 0.348 e. The molecule has 156 valence electrons. The van der Waals surface area contributed by atoms with Crippen LogP contribution >= 0.6 is 11.3 Å². The fourth-order valence-electron chi connectivity index (χ4n) is 3.73. The number of anilines is 1. The topological polar surface area (TPSA) is 75.6 Å². The second-order valence-electron chi connectivity index (χ2n) is 7.20. The van der Waals surface area contributed by atoms with Crippen molar-refractivity contribution in [2.45, 2.75) is 20.8 Å². The largest absolute Gasteiger partial charge is 0.462 e. The molecule has 2 aromatic heterocycles. The van der Waals surface area contributed by atoms with Gasteiger partial charge >= 0.3 is 5.97 Å². The van der Waals surface area contributed by atoms with E-state index in [1.54, 1.807) is 6.92 Å². The lowest BCUT2D eigenvalue weighted by Crippen LogP contribution is -2.49. The number of hydrogen-bond acceptors (Lipinski definition) is 7. The fourth-order valence-corrected chi connectivity index (χ4v) is 4.84. The van der Waals surface area contributed by atoms with Gasteiger partial charge in [0.25, 0.3) is 5.91 Å². The lowest BCUT2D eigenvalue weighted by molar-refractivity contribution is 0.0531. The maximum atomic E-state index is 12.7. The summed E-state index contributed by atoms with van der Waals surface area (Å²) in [6, 6.07) is 9.36. The zero-order chi connectivity index (χ0) is 21.3. The van der Waals surface area contributed by atoms with E-state index in [1.165, 1.54) is 11.3 Å². The summed E-state index contributed by atoms with van der Waals surface area (Å²) in [6.07, 6.45) is 0. The van der Waals surface area contributed by atoms with E-state index >= 15 is 0 Å². The van der Waals surface area contributed by atoms with Crippen LogP contribution in [0.2, 0.25) is 0 Å². The van der Waals surface area contributed by atoms with Crippen LogP contribution in [0.25, 0.3) is 10.2 Å². The van der Waals surface area contributed by atoms with E-state index in [0.717, 1.165) is 21.6 Å². The number of amides is 1. The van der Waals surface area contributed by atoms with Crippen LogP contribution in [0.15, 0.2) is 30.3 Å². The molecule has 1 amide bonds. The van der Waals surface area contributed by atoms with Gasteiger partial charge in [-0.3, -0.25) is 4.79 Å². The van der Waals surface area contributed by atoms with Gasteiger partial charge in [0.05, 0.1) is 12.0 Å². The summed E-state index contributed by atoms with van der Waals surface area (Å²) in [4.78, 5) is 39.7. The molecule has 1 fully saturated rings. The number of nitrogens with zero attached hydrogens (tertiary/aromatic N) is 4. The van der Waals surface area contributed by atoms with Gasteiger partial charge in [-0.05, 0) is 38.5 Å². The Hall–Kier alpha value is -3.00. The van der Waals surface area contributed by atoms with E-state index in [4.69, 9.17) is 9.72 Å². The molecule has 0 saturated carbocycles. The number of piperazine rings is 1. The summed E-state index contributed by atoms with van der Waals surface area (Å²) in [7, 11) is 0. The minimum absolute atomic E-state index is 0.0515. The van der Waals surface area contributed by atoms with E-state index in [2.05, 4.69) is 9.88 Å². The number of aryl methyl sites for hydroxylation is 2. The fraction of sp³-hybridized carbons (Fsp3) is 0.364. The van der Waals surface area contributed by atoms with Crippen molar-refractivity contribution in [1.29, 1.82) is 0 Å². The zero-order valence-corrected chi connectivity index (χ0v) is 18.2. The third-order valence-electron chi connectivity index (χ3n) is 5.23. The maximum absolute atomic E-state index is 12.7. The van der Waals surface area contributed by atoms with Crippen molar-refractivity contribution in [3.8, 4) is 0 Å². The molecule has 0 spiro atoms. The standard InChI is InChI=1S/C22H24N4O3S/c1-4-29-22(28)18-14(2)17-19(23-15(3)24-20(17)30-18)25-10-12-26(13-11-25)21(27)16-8-6-5-7-9-16/h5-9H,4,10-13H2,1-3H3. The summed E-state index contributed by atoms with van der Waals surface area (Å²) < 4.78 is 5.20. The van der Waals surface area contributed by atoms with Crippen LogP contribution in [0, 0.1) is 13.8 Å². The minimum atomic E-state index is -0.320. The van der Waals surface area contributed by atoms with Crippen molar-refractivity contribution >= 4 is 39.2 Å². The molecule has 3 aromatic rings. The first-order valence-corrected chi connectivity index (χ1v) is 10.9. The molecule has 0 N–H and O–H groups in total. The molecule has 1 aliphatic heterocycles. The van der Waals surface area contributed by atoms with Crippen LogP contribution in [0.4, 0.5) is 5.82 Å². The highest BCUT2D eigenvalue weighted by atomic mass is 32.1. The SMILES string of the molecule is CCOC(=O)c1sc2nc(C)nc(N3CCN(C(=O)c4ccccc4)CC3)c2c1C. The number of esters is 1. The predicted molar refractivity (Wildman–Crippen MR) is 117 cm³/mol. The van der Waals surface area contributed by atoms with Crippen molar-refractivity contribution in [3.63, 3.8) is 0 Å². The molecule has 30 heavy (non-hydrogen) atoms. The molecule has 0 atom stereocenters. The summed E-state index contributed by atoms with van der Waals surface area (Å²) in [5.41, 5.74) is 1.56. The number of thiophene rings is 1. The van der Waals surface area contributed by atoms with Gasteiger partial charge in [-0.2, -0.15) is 0 Å². The molecule has 0 aliphatic carbocycles. The number of benzene rings is 1. The molecular formula is C22H24N4O3S. The number of rotatable bonds is 4. The Morgan fingerprint density at radius 2 is 1.77 bits per heavy atom. The predicted octanol–water partition coefficient (Wildman–Crippen LogP) is 3.45. The van der Waals surface area contributed by atoms with Crippen molar-refractivity contribution in [3.05, 3.63) is 52.2 Å². The second kappa shape index (κ2) is 8.39. The van der Waals surface area contributed by atoms with Crippen LogP contribution in [0.1, 0.15) is 38.3 Å². The third kappa shape index (κ3) is 3.75. The minimum Gasteiger partial charge on any atom is -0.462 e. The molecule has 0 unspecified atom stereocenters. The zero-order valence-electron chi connectivity index (χ0n) is 17.3. The third-order valence-corrected chi connectivity index (χ3v) is 6.40. The molecule has 1 aliphatic rings. The summed E-state index contributed by atoms with van der Waals surface area (Å²) in [5, 5.41) is 0.900. The lowest BCUT2D eigenvalue weighted by Gasteiger charge is -2.36. The summed E-state index contributed by atoms with van der Waals surface area (Å²) in [6.45, 7) is 8.49. The Labute approximate surface area is 179 Å². The second-order valence-corrected chi connectivity index (χ2v) is 8.20. The van der Waals surface area contributed by atoms with Crippen molar-refractivity contribution < 1.29 is 14.3 Å². The Kier molecular flexibility index (Phi) is 5.67. The van der Waals surface area contributed by atoms with Crippen molar-refractivity contribution in [1.82, 2.24) is 14.9 Å². The quantitative estimate of drug-likeness (QED) is 0.597. The summed E-state index contributed by atoms with van der Waals surface area (Å²) in [5.74, 6) is 1.22. The average Bonchev–Trinajstić information content (AvgIpc) is 3.10. The van der Waals surface area contributed by atoms with E-state index in [-0.39, 0.29) is 11.9 Å². The van der Waals surface area contributed by atoms with E-state index in [0.29, 0.717) is 49.1 Å². The monoisotopic (exact) mass is 424 g/mol. The molecular weight excluding hydrogens is 400 g/mol. The number of ether oxygens (including phenoxy) is 1. The molecule has 0 radical (unpaired) electrons. The number of hydrogen-bond donors (Lipinski definition) is 0. The van der Waals surface area contributed by atoms with Crippen LogP contribution in [0.3, 0.4) is 0 Å². The van der Waals surface area contributed by atoms with Gasteiger partial charge in [0, 0.05) is 31.7 Å². The number of aromatic nitrogens is 2. The highest BCUT2D eigenvalue weighted by Gasteiger charge is 2.27. The van der Waals surface area contributed by atoms with Crippen LogP contribution in [-0.4, -0.2) is 59.5 Å². The molecule has 0 bridgehead atoms. The molecule has 3 heterocycles.